The molecule has 4 N–H and O–H groups in total. The second kappa shape index (κ2) is 8.66. The molecule has 0 aromatic heterocycles. The molecule has 2 aromatic carbocycles. The number of rotatable bonds is 7. The molecule has 7 nitrogen and oxygen atoms in total. The van der Waals surface area contributed by atoms with E-state index < -0.39 is 17.9 Å². The van der Waals surface area contributed by atoms with Crippen LogP contribution < -0.4 is 21.1 Å². The van der Waals surface area contributed by atoms with Crippen molar-refractivity contribution in [1.82, 2.24) is 5.32 Å². The number of carbonyl (C=O) groups is 3. The Balaban J connectivity index is 2.07. The number of carbonyl (C=O) groups excluding carboxylic acids is 3. The molecule has 0 spiro atoms. The molecular weight excluding hydrogens is 334 g/mol. The summed E-state index contributed by atoms with van der Waals surface area (Å²) in [6.07, 6.45) is 0.252. The molecule has 26 heavy (non-hydrogen) atoms. The molecule has 2 aromatic rings. The van der Waals surface area contributed by atoms with Crippen LogP contribution in [0, 0.1) is 0 Å². The van der Waals surface area contributed by atoms with Crippen molar-refractivity contribution < 1.29 is 19.1 Å². The summed E-state index contributed by atoms with van der Waals surface area (Å²) in [6, 6.07) is 12.7. The van der Waals surface area contributed by atoms with Crippen molar-refractivity contribution in [3.8, 4) is 5.75 Å². The number of primary amides is 1. The van der Waals surface area contributed by atoms with E-state index in [4.69, 9.17) is 10.5 Å². The lowest BCUT2D eigenvalue weighted by Crippen LogP contribution is -2.45. The Kier molecular flexibility index (Phi) is 6.32. The van der Waals surface area contributed by atoms with Gasteiger partial charge in [0.25, 0.3) is 5.91 Å². The van der Waals surface area contributed by atoms with Gasteiger partial charge in [-0.2, -0.15) is 0 Å². The van der Waals surface area contributed by atoms with E-state index in [2.05, 4.69) is 10.6 Å². The maximum Gasteiger partial charge on any atom is 0.251 e. The van der Waals surface area contributed by atoms with Gasteiger partial charge < -0.3 is 21.1 Å². The maximum absolute atomic E-state index is 12.4. The van der Waals surface area contributed by atoms with Gasteiger partial charge in [0.05, 0.1) is 7.11 Å². The van der Waals surface area contributed by atoms with E-state index in [-0.39, 0.29) is 12.3 Å². The molecule has 0 aliphatic heterocycles. The van der Waals surface area contributed by atoms with E-state index in [1.54, 1.807) is 49.6 Å². The maximum atomic E-state index is 12.4. The van der Waals surface area contributed by atoms with Gasteiger partial charge in [-0.25, -0.2) is 0 Å². The van der Waals surface area contributed by atoms with Crippen LogP contribution >= 0.6 is 0 Å². The van der Waals surface area contributed by atoms with Crippen LogP contribution in [-0.4, -0.2) is 30.9 Å². The second-order valence-electron chi connectivity index (χ2n) is 5.74. The fourth-order valence-electron chi connectivity index (χ4n) is 2.41. The van der Waals surface area contributed by atoms with E-state index >= 15 is 0 Å². The molecule has 0 aliphatic carbocycles. The van der Waals surface area contributed by atoms with Crippen LogP contribution in [0.5, 0.6) is 5.75 Å². The number of amides is 3. The lowest BCUT2D eigenvalue weighted by atomic mass is 10.0. The Labute approximate surface area is 151 Å². The van der Waals surface area contributed by atoms with Crippen molar-refractivity contribution in [3.05, 3.63) is 59.7 Å². The largest absolute Gasteiger partial charge is 0.497 e. The molecule has 0 unspecified atom stereocenters. The van der Waals surface area contributed by atoms with Crippen molar-refractivity contribution >= 4 is 23.4 Å². The predicted molar refractivity (Wildman–Crippen MR) is 97.9 cm³/mol. The molecule has 3 amide bonds. The van der Waals surface area contributed by atoms with Gasteiger partial charge in [-0.1, -0.05) is 12.1 Å². The summed E-state index contributed by atoms with van der Waals surface area (Å²) in [5.74, 6) is -0.595. The number of benzene rings is 2. The van der Waals surface area contributed by atoms with Gasteiger partial charge >= 0.3 is 0 Å². The van der Waals surface area contributed by atoms with E-state index in [0.29, 0.717) is 17.0 Å². The summed E-state index contributed by atoms with van der Waals surface area (Å²) in [6.45, 7) is 1.40. The molecule has 0 saturated carbocycles. The number of nitrogens with two attached hydrogens (primary N) is 1. The Bertz CT molecular complexity index is 803. The lowest BCUT2D eigenvalue weighted by molar-refractivity contribution is -0.119. The molecule has 0 bridgehead atoms. The number of ether oxygens (including phenoxy) is 1. The van der Waals surface area contributed by atoms with Crippen LogP contribution in [0.1, 0.15) is 22.8 Å². The topological polar surface area (TPSA) is 111 Å². The third-order valence-corrected chi connectivity index (χ3v) is 3.69. The highest BCUT2D eigenvalue weighted by Crippen LogP contribution is 2.15. The molecule has 2 rings (SSSR count). The molecule has 136 valence electrons. The Hall–Kier alpha value is -3.35. The van der Waals surface area contributed by atoms with Gasteiger partial charge in [-0.05, 0) is 42.0 Å². The minimum Gasteiger partial charge on any atom is -0.497 e. The van der Waals surface area contributed by atoms with E-state index in [9.17, 15) is 14.4 Å². The molecular formula is C19H21N3O4. The van der Waals surface area contributed by atoms with E-state index in [1.807, 2.05) is 6.07 Å². The van der Waals surface area contributed by atoms with Crippen molar-refractivity contribution in [2.24, 2.45) is 5.73 Å². The number of hydrogen-bond donors (Lipinski definition) is 3. The first-order chi connectivity index (χ1) is 12.4. The SMILES string of the molecule is COc1cccc(C[C@@H](NC(=O)c2ccc(NC(C)=O)cc2)C(N)=O)c1. The van der Waals surface area contributed by atoms with Crippen molar-refractivity contribution in [2.75, 3.05) is 12.4 Å². The van der Waals surface area contributed by atoms with Crippen LogP contribution in [0.25, 0.3) is 0 Å². The van der Waals surface area contributed by atoms with Gasteiger partial charge in [0.1, 0.15) is 11.8 Å². The third kappa shape index (κ3) is 5.34. The fourth-order valence-corrected chi connectivity index (χ4v) is 2.41. The minimum absolute atomic E-state index is 0.200. The van der Waals surface area contributed by atoms with E-state index in [0.717, 1.165) is 5.56 Å². The smallest absolute Gasteiger partial charge is 0.251 e. The predicted octanol–water partition coefficient (Wildman–Crippen LogP) is 1.48. The van der Waals surface area contributed by atoms with Gasteiger partial charge in [0, 0.05) is 24.6 Å². The number of nitrogens with one attached hydrogen (secondary N) is 2. The summed E-state index contributed by atoms with van der Waals surface area (Å²) in [4.78, 5) is 35.1. The van der Waals surface area contributed by atoms with Crippen molar-refractivity contribution in [2.45, 2.75) is 19.4 Å². The minimum atomic E-state index is -0.857. The van der Waals surface area contributed by atoms with Crippen LogP contribution in [0.3, 0.4) is 0 Å². The highest BCUT2D eigenvalue weighted by Gasteiger charge is 2.19. The molecule has 0 fully saturated rings. The molecule has 7 heteroatoms. The molecule has 1 atom stereocenters. The Morgan fingerprint density at radius 1 is 1.12 bits per heavy atom. The standard InChI is InChI=1S/C19H21N3O4/c1-12(23)21-15-8-6-14(7-9-15)19(25)22-17(18(20)24)11-13-4-3-5-16(10-13)26-2/h3-10,17H,11H2,1-2H3,(H2,20,24)(H,21,23)(H,22,25)/t17-/m1/s1. The molecule has 0 saturated heterocycles. The van der Waals surface area contributed by atoms with Crippen LogP contribution in [-0.2, 0) is 16.0 Å². The summed E-state index contributed by atoms with van der Waals surface area (Å²) in [7, 11) is 1.55. The molecule has 0 heterocycles. The number of anilines is 1. The van der Waals surface area contributed by atoms with Crippen LogP contribution in [0.4, 0.5) is 5.69 Å². The Morgan fingerprint density at radius 2 is 1.81 bits per heavy atom. The highest BCUT2D eigenvalue weighted by atomic mass is 16.5. The first-order valence-electron chi connectivity index (χ1n) is 8.00. The van der Waals surface area contributed by atoms with Crippen molar-refractivity contribution in [3.63, 3.8) is 0 Å². The van der Waals surface area contributed by atoms with Gasteiger partial charge in [-0.3, -0.25) is 14.4 Å². The molecule has 0 aliphatic rings. The quantitative estimate of drug-likeness (QED) is 0.698. The lowest BCUT2D eigenvalue weighted by Gasteiger charge is -2.16. The normalized spacial score (nSPS) is 11.3. The Morgan fingerprint density at radius 3 is 2.38 bits per heavy atom. The van der Waals surface area contributed by atoms with Crippen molar-refractivity contribution in [1.29, 1.82) is 0 Å². The number of methoxy groups -OCH3 is 1. The third-order valence-electron chi connectivity index (χ3n) is 3.69. The highest BCUT2D eigenvalue weighted by molar-refractivity contribution is 5.98. The molecule has 0 radical (unpaired) electrons. The summed E-state index contributed by atoms with van der Waals surface area (Å²) in [5.41, 5.74) is 7.18. The zero-order valence-corrected chi connectivity index (χ0v) is 14.6. The zero-order chi connectivity index (χ0) is 19.1. The number of hydrogen-bond acceptors (Lipinski definition) is 4. The van der Waals surface area contributed by atoms with Gasteiger partial charge in [-0.15, -0.1) is 0 Å². The average molecular weight is 355 g/mol. The van der Waals surface area contributed by atoms with Gasteiger partial charge in [0.15, 0.2) is 0 Å². The first-order valence-corrected chi connectivity index (χ1v) is 8.00. The summed E-state index contributed by atoms with van der Waals surface area (Å²) < 4.78 is 5.15. The summed E-state index contributed by atoms with van der Waals surface area (Å²) in [5, 5.41) is 5.25. The van der Waals surface area contributed by atoms with Crippen LogP contribution in [0.2, 0.25) is 0 Å². The first kappa shape index (κ1) is 19.0. The average Bonchev–Trinajstić information content (AvgIpc) is 2.61. The second-order valence-corrected chi connectivity index (χ2v) is 5.74. The van der Waals surface area contributed by atoms with Gasteiger partial charge in [0.2, 0.25) is 11.8 Å². The van der Waals surface area contributed by atoms with Crippen LogP contribution in [0.15, 0.2) is 48.5 Å². The zero-order valence-electron chi connectivity index (χ0n) is 14.6. The summed E-state index contributed by atoms with van der Waals surface area (Å²) >= 11 is 0. The fraction of sp³-hybridized carbons (Fsp3) is 0.211. The monoisotopic (exact) mass is 355 g/mol. The van der Waals surface area contributed by atoms with E-state index in [1.165, 1.54) is 6.92 Å².